The van der Waals surface area contributed by atoms with E-state index in [1.807, 2.05) is 13.8 Å². The number of hydrogen-bond acceptors (Lipinski definition) is 3. The second-order valence-electron chi connectivity index (χ2n) is 8.06. The summed E-state index contributed by atoms with van der Waals surface area (Å²) in [7, 11) is 0. The van der Waals surface area contributed by atoms with Crippen LogP contribution in [0.25, 0.3) is 0 Å². The molecule has 0 aromatic heterocycles. The van der Waals surface area contributed by atoms with E-state index in [1.54, 1.807) is 6.92 Å². The maximum atomic E-state index is 11.7. The zero-order chi connectivity index (χ0) is 19.6. The average Bonchev–Trinajstić information content (AvgIpc) is 2.57. The molecule has 0 aliphatic rings. The lowest BCUT2D eigenvalue weighted by molar-refractivity contribution is -0.147. The molecule has 0 rings (SSSR count). The van der Waals surface area contributed by atoms with E-state index in [9.17, 15) is 9.59 Å². The molecule has 26 heavy (non-hydrogen) atoms. The van der Waals surface area contributed by atoms with Gasteiger partial charge >= 0.3 is 5.97 Å². The Balaban J connectivity index is 3.47. The average molecular weight is 369 g/mol. The fourth-order valence-electron chi connectivity index (χ4n) is 3.41. The molecule has 154 valence electrons. The van der Waals surface area contributed by atoms with Crippen LogP contribution >= 0.6 is 0 Å². The predicted octanol–water partition coefficient (Wildman–Crippen LogP) is 7.01. The molecular formula is C23H44O3. The largest absolute Gasteiger partial charge is 0.463 e. The van der Waals surface area contributed by atoms with E-state index < -0.39 is 0 Å². The molecular weight excluding hydrogens is 324 g/mol. The Bertz CT molecular complexity index is 349. The zero-order valence-electron chi connectivity index (χ0n) is 18.0. The molecule has 3 heteroatoms. The Hall–Kier alpha value is -0.860. The van der Waals surface area contributed by atoms with Gasteiger partial charge in [-0.2, -0.15) is 0 Å². The highest BCUT2D eigenvalue weighted by atomic mass is 16.5. The monoisotopic (exact) mass is 368 g/mol. The van der Waals surface area contributed by atoms with Gasteiger partial charge in [-0.25, -0.2) is 0 Å². The summed E-state index contributed by atoms with van der Waals surface area (Å²) in [6.45, 7) is 7.77. The van der Waals surface area contributed by atoms with Gasteiger partial charge in [-0.1, -0.05) is 77.6 Å². The molecule has 0 aromatic rings. The quantitative estimate of drug-likeness (QED) is 0.193. The number of hydrogen-bond donors (Lipinski definition) is 0. The Kier molecular flexibility index (Phi) is 17.0. The van der Waals surface area contributed by atoms with Crippen LogP contribution in [0.5, 0.6) is 0 Å². The summed E-state index contributed by atoms with van der Waals surface area (Å²) in [5, 5.41) is 0. The summed E-state index contributed by atoms with van der Waals surface area (Å²) in [4.78, 5) is 23.2. The number of rotatable bonds is 18. The molecule has 0 saturated carbocycles. The van der Waals surface area contributed by atoms with E-state index in [1.165, 1.54) is 64.2 Å². The minimum atomic E-state index is -0.0604. The van der Waals surface area contributed by atoms with Crippen molar-refractivity contribution in [1.29, 1.82) is 0 Å². The number of ether oxygens (including phenoxy) is 1. The van der Waals surface area contributed by atoms with Crippen molar-refractivity contribution in [2.24, 2.45) is 5.92 Å². The molecule has 0 aliphatic carbocycles. The molecule has 0 saturated heterocycles. The normalized spacial score (nSPS) is 12.3. The van der Waals surface area contributed by atoms with Crippen LogP contribution < -0.4 is 0 Å². The molecule has 1 unspecified atom stereocenters. The lowest BCUT2D eigenvalue weighted by atomic mass is 9.91. The summed E-state index contributed by atoms with van der Waals surface area (Å²) >= 11 is 0. The van der Waals surface area contributed by atoms with Crippen LogP contribution in [0.3, 0.4) is 0 Å². The third-order valence-corrected chi connectivity index (χ3v) is 5.03. The third kappa shape index (κ3) is 16.6. The molecule has 0 aliphatic heterocycles. The number of esters is 1. The van der Waals surface area contributed by atoms with E-state index in [0.29, 0.717) is 18.1 Å². The van der Waals surface area contributed by atoms with Gasteiger partial charge in [-0.05, 0) is 40.0 Å². The van der Waals surface area contributed by atoms with E-state index in [0.717, 1.165) is 25.7 Å². The fraction of sp³-hybridized carbons (Fsp3) is 0.913. The van der Waals surface area contributed by atoms with Crippen molar-refractivity contribution >= 4 is 11.8 Å². The van der Waals surface area contributed by atoms with Gasteiger partial charge in [-0.3, -0.25) is 9.59 Å². The van der Waals surface area contributed by atoms with Crippen LogP contribution in [0.1, 0.15) is 124 Å². The van der Waals surface area contributed by atoms with Crippen molar-refractivity contribution in [1.82, 2.24) is 0 Å². The summed E-state index contributed by atoms with van der Waals surface area (Å²) < 4.78 is 5.13. The molecule has 3 nitrogen and oxygen atoms in total. The number of unbranched alkanes of at least 4 members (excludes halogenated alkanes) is 10. The van der Waals surface area contributed by atoms with Crippen LogP contribution in [0.4, 0.5) is 0 Å². The summed E-state index contributed by atoms with van der Waals surface area (Å²) in [6, 6.07) is 0. The second kappa shape index (κ2) is 17.5. The minimum Gasteiger partial charge on any atom is -0.463 e. The summed E-state index contributed by atoms with van der Waals surface area (Å²) in [5.41, 5.74) is 0. The first-order valence-electron chi connectivity index (χ1n) is 11.2. The first-order valence-corrected chi connectivity index (χ1v) is 11.2. The van der Waals surface area contributed by atoms with Gasteiger partial charge in [0.1, 0.15) is 5.78 Å². The van der Waals surface area contributed by atoms with Gasteiger partial charge in [0.15, 0.2) is 0 Å². The van der Waals surface area contributed by atoms with Crippen molar-refractivity contribution in [2.45, 2.75) is 130 Å². The Labute approximate surface area is 162 Å². The molecule has 0 amide bonds. The van der Waals surface area contributed by atoms with Crippen LogP contribution in [0, 0.1) is 5.92 Å². The van der Waals surface area contributed by atoms with Crippen LogP contribution in [0.15, 0.2) is 0 Å². The molecule has 1 atom stereocenters. The van der Waals surface area contributed by atoms with Crippen molar-refractivity contribution < 1.29 is 14.3 Å². The van der Waals surface area contributed by atoms with E-state index in [2.05, 4.69) is 6.92 Å². The number of Topliss-reactive ketones (excluding diaryl/α,β-unsaturated/α-hetero) is 1. The number of ketones is 1. The first kappa shape index (κ1) is 25.1. The molecule has 0 fully saturated rings. The van der Waals surface area contributed by atoms with E-state index in [-0.39, 0.29) is 12.1 Å². The van der Waals surface area contributed by atoms with Gasteiger partial charge in [0, 0.05) is 12.3 Å². The van der Waals surface area contributed by atoms with E-state index >= 15 is 0 Å². The van der Waals surface area contributed by atoms with Crippen molar-refractivity contribution in [3.8, 4) is 0 Å². The lowest BCUT2D eigenvalue weighted by Gasteiger charge is -2.13. The molecule has 0 radical (unpaired) electrons. The zero-order valence-corrected chi connectivity index (χ0v) is 18.0. The highest BCUT2D eigenvalue weighted by Crippen LogP contribution is 2.20. The molecule has 0 spiro atoms. The molecule has 0 N–H and O–H groups in total. The van der Waals surface area contributed by atoms with Gasteiger partial charge < -0.3 is 4.74 Å². The maximum Gasteiger partial charge on any atom is 0.306 e. The van der Waals surface area contributed by atoms with Crippen molar-refractivity contribution in [3.05, 3.63) is 0 Å². The summed E-state index contributed by atoms with van der Waals surface area (Å²) in [5.74, 6) is 0.629. The number of carbonyl (C=O) groups is 2. The standard InChI is InChI=1S/C23H44O3/c1-5-6-7-14-17-22(21(4)24)18-15-12-10-8-9-11-13-16-19-23(25)26-20(2)3/h20,22H,5-19H2,1-4H3. The van der Waals surface area contributed by atoms with Crippen molar-refractivity contribution in [2.75, 3.05) is 0 Å². The van der Waals surface area contributed by atoms with Crippen LogP contribution in [-0.4, -0.2) is 17.9 Å². The highest BCUT2D eigenvalue weighted by molar-refractivity contribution is 5.78. The van der Waals surface area contributed by atoms with E-state index in [4.69, 9.17) is 4.74 Å². The minimum absolute atomic E-state index is 0.00133. The first-order chi connectivity index (χ1) is 12.5. The number of carbonyl (C=O) groups excluding carboxylic acids is 2. The van der Waals surface area contributed by atoms with Crippen LogP contribution in [0.2, 0.25) is 0 Å². The van der Waals surface area contributed by atoms with Gasteiger partial charge in [-0.15, -0.1) is 0 Å². The predicted molar refractivity (Wildman–Crippen MR) is 110 cm³/mol. The Morgan fingerprint density at radius 3 is 1.65 bits per heavy atom. The maximum absolute atomic E-state index is 11.7. The molecule has 0 bridgehead atoms. The second-order valence-corrected chi connectivity index (χ2v) is 8.06. The smallest absolute Gasteiger partial charge is 0.306 e. The SMILES string of the molecule is CCCCCCC(CCCCCCCCCCC(=O)OC(C)C)C(C)=O. The Morgan fingerprint density at radius 1 is 0.731 bits per heavy atom. The summed E-state index contributed by atoms with van der Waals surface area (Å²) in [6.07, 6.45) is 17.3. The third-order valence-electron chi connectivity index (χ3n) is 5.03. The lowest BCUT2D eigenvalue weighted by Crippen LogP contribution is -2.11. The molecule has 0 heterocycles. The van der Waals surface area contributed by atoms with Crippen LogP contribution in [-0.2, 0) is 14.3 Å². The van der Waals surface area contributed by atoms with Crippen molar-refractivity contribution in [3.63, 3.8) is 0 Å². The Morgan fingerprint density at radius 2 is 1.19 bits per heavy atom. The van der Waals surface area contributed by atoms with Gasteiger partial charge in [0.25, 0.3) is 0 Å². The fourth-order valence-corrected chi connectivity index (χ4v) is 3.41. The van der Waals surface area contributed by atoms with Gasteiger partial charge in [0.05, 0.1) is 6.10 Å². The van der Waals surface area contributed by atoms with Gasteiger partial charge in [0.2, 0.25) is 0 Å². The highest BCUT2D eigenvalue weighted by Gasteiger charge is 2.13. The molecule has 0 aromatic carbocycles. The topological polar surface area (TPSA) is 43.4 Å².